The molecule has 0 saturated carbocycles. The molecule has 1 atom stereocenters. The van der Waals surface area contributed by atoms with Crippen molar-refractivity contribution in [3.63, 3.8) is 0 Å². The lowest BCUT2D eigenvalue weighted by atomic mass is 10.0. The van der Waals surface area contributed by atoms with Crippen LogP contribution < -0.4 is 15.9 Å². The van der Waals surface area contributed by atoms with E-state index in [0.29, 0.717) is 0 Å². The molecule has 3 aromatic heterocycles. The van der Waals surface area contributed by atoms with Gasteiger partial charge in [-0.1, -0.05) is 121 Å². The van der Waals surface area contributed by atoms with E-state index in [4.69, 9.17) is 9.97 Å². The third-order valence-corrected chi connectivity index (χ3v) is 12.9. The number of aromatic nitrogens is 3. The monoisotopic (exact) mass is 645 g/mol. The molecule has 0 N–H and O–H groups in total. The van der Waals surface area contributed by atoms with Crippen molar-refractivity contribution in [3.8, 4) is 11.1 Å². The van der Waals surface area contributed by atoms with Gasteiger partial charge in [-0.25, -0.2) is 4.98 Å². The Morgan fingerprint density at radius 2 is 1.12 bits per heavy atom. The normalized spacial score (nSPS) is 13.1. The Labute approximate surface area is 282 Å². The highest BCUT2D eigenvalue weighted by atomic mass is 31.2. The van der Waals surface area contributed by atoms with Crippen molar-refractivity contribution in [2.75, 3.05) is 0 Å². The molecule has 0 radical (unpaired) electrons. The summed E-state index contributed by atoms with van der Waals surface area (Å²) in [6.07, 6.45) is 1.96. The Bertz CT molecular complexity index is 2980. The summed E-state index contributed by atoms with van der Waals surface area (Å²) in [4.78, 5) is 10.1. The molecule has 0 fully saturated rings. The highest BCUT2D eigenvalue weighted by molar-refractivity contribution is 7.85. The van der Waals surface area contributed by atoms with Crippen LogP contribution in [-0.4, -0.2) is 14.4 Å². The van der Waals surface area contributed by atoms with Gasteiger partial charge in [-0.05, 0) is 69.6 Å². The topological polar surface area (TPSA) is 47.3 Å². The van der Waals surface area contributed by atoms with Gasteiger partial charge < -0.3 is 4.57 Å². The van der Waals surface area contributed by atoms with Gasteiger partial charge in [0.1, 0.15) is 5.65 Å². The fourth-order valence-electron chi connectivity index (χ4n) is 7.39. The van der Waals surface area contributed by atoms with Gasteiger partial charge in [0, 0.05) is 38.4 Å². The van der Waals surface area contributed by atoms with Crippen molar-refractivity contribution in [3.05, 3.63) is 170 Å². The second-order valence-corrected chi connectivity index (χ2v) is 15.4. The zero-order valence-electron chi connectivity index (χ0n) is 26.4. The smallest absolute Gasteiger partial charge is 0.171 e. The van der Waals surface area contributed by atoms with Crippen LogP contribution in [0.2, 0.25) is 0 Å². The van der Waals surface area contributed by atoms with Gasteiger partial charge in [0.25, 0.3) is 0 Å². The van der Waals surface area contributed by atoms with E-state index in [1.165, 1.54) is 0 Å². The van der Waals surface area contributed by atoms with Crippen molar-refractivity contribution >= 4 is 83.1 Å². The van der Waals surface area contributed by atoms with Crippen molar-refractivity contribution in [1.29, 1.82) is 0 Å². The molecule has 0 spiro atoms. The van der Waals surface area contributed by atoms with Crippen molar-refractivity contribution in [1.82, 2.24) is 14.4 Å². The molecule has 0 aliphatic rings. The molecule has 0 amide bonds. The summed E-state index contributed by atoms with van der Waals surface area (Å²) < 4.78 is 17.7. The number of benzene rings is 7. The van der Waals surface area contributed by atoms with Gasteiger partial charge >= 0.3 is 0 Å². The Morgan fingerprint density at radius 1 is 0.469 bits per heavy atom. The molecule has 10 rings (SSSR count). The van der Waals surface area contributed by atoms with E-state index in [0.717, 1.165) is 87.1 Å². The summed E-state index contributed by atoms with van der Waals surface area (Å²) in [5.41, 5.74) is 7.00. The van der Waals surface area contributed by atoms with Crippen LogP contribution in [0, 0.1) is 0 Å². The highest BCUT2D eigenvalue weighted by Crippen LogP contribution is 2.44. The first kappa shape index (κ1) is 28.0. The maximum absolute atomic E-state index is 15.5. The Balaban J connectivity index is 1.16. The summed E-state index contributed by atoms with van der Waals surface area (Å²) in [6.45, 7) is 0. The molecule has 1 unspecified atom stereocenters. The van der Waals surface area contributed by atoms with E-state index in [9.17, 15) is 0 Å². The van der Waals surface area contributed by atoms with E-state index in [-0.39, 0.29) is 0 Å². The number of para-hydroxylation sites is 3. The SMILES string of the molecule is O=P(c1ccccc1)(c1ccc2ccccc2c1)c1ccc2ccc(-c3cnc4c5ccccc5n5c6ccccc6nc5c4c3)cc2c1. The van der Waals surface area contributed by atoms with E-state index >= 15 is 4.57 Å². The van der Waals surface area contributed by atoms with Gasteiger partial charge in [-0.15, -0.1) is 0 Å². The third kappa shape index (κ3) is 4.28. The fraction of sp³-hybridized carbons (Fsp3) is 0. The molecule has 3 heterocycles. The maximum Gasteiger partial charge on any atom is 0.171 e. The van der Waals surface area contributed by atoms with Gasteiger partial charge in [0.2, 0.25) is 0 Å². The number of imidazole rings is 1. The molecule has 49 heavy (non-hydrogen) atoms. The van der Waals surface area contributed by atoms with Crippen molar-refractivity contribution in [2.45, 2.75) is 0 Å². The summed E-state index contributed by atoms with van der Waals surface area (Å²) in [5.74, 6) is 0. The van der Waals surface area contributed by atoms with Gasteiger partial charge in [0.05, 0.1) is 22.1 Å². The van der Waals surface area contributed by atoms with E-state index in [2.05, 4.69) is 108 Å². The first-order valence-electron chi connectivity index (χ1n) is 16.4. The second-order valence-electron chi connectivity index (χ2n) is 12.6. The summed E-state index contributed by atoms with van der Waals surface area (Å²) in [6, 6.07) is 55.9. The van der Waals surface area contributed by atoms with Crippen molar-refractivity contribution in [2.24, 2.45) is 0 Å². The number of hydrogen-bond acceptors (Lipinski definition) is 3. The van der Waals surface area contributed by atoms with Crippen LogP contribution in [0.4, 0.5) is 0 Å². The molecular formula is C44H28N3OP. The van der Waals surface area contributed by atoms with E-state index in [1.54, 1.807) is 0 Å². The standard InChI is InChI=1S/C44H28N3OP/c48-49(35-12-2-1-3-13-35,36-22-20-29-10-4-5-11-31(29)25-36)37-23-21-30-18-19-32(24-33(30)26-37)34-27-39-43(45-28-34)38-14-6-8-16-41(38)47-42-17-9-7-15-40(42)46-44(39)47/h1-28H. The van der Waals surface area contributed by atoms with Crippen LogP contribution >= 0.6 is 7.14 Å². The Kier molecular flexibility index (Phi) is 6.12. The molecule has 0 aliphatic carbocycles. The third-order valence-electron chi connectivity index (χ3n) is 9.83. The van der Waals surface area contributed by atoms with Gasteiger partial charge in [-0.3, -0.25) is 9.38 Å². The van der Waals surface area contributed by atoms with Crippen LogP contribution in [0.3, 0.4) is 0 Å². The summed E-state index contributed by atoms with van der Waals surface area (Å²) in [5, 5.41) is 8.89. The number of pyridine rings is 2. The molecule has 0 aliphatic heterocycles. The molecule has 7 aromatic carbocycles. The van der Waals surface area contributed by atoms with Crippen LogP contribution in [0.15, 0.2) is 170 Å². The van der Waals surface area contributed by atoms with Crippen LogP contribution in [0.25, 0.3) is 71.2 Å². The molecule has 230 valence electrons. The average Bonchev–Trinajstić information content (AvgIpc) is 3.57. The first-order chi connectivity index (χ1) is 24.1. The Hall–Kier alpha value is -6.09. The quantitative estimate of drug-likeness (QED) is 0.141. The molecule has 4 nitrogen and oxygen atoms in total. The van der Waals surface area contributed by atoms with E-state index in [1.807, 2.05) is 66.9 Å². The van der Waals surface area contributed by atoms with Gasteiger partial charge in [0.15, 0.2) is 7.14 Å². The van der Waals surface area contributed by atoms with Crippen LogP contribution in [0.5, 0.6) is 0 Å². The highest BCUT2D eigenvalue weighted by Gasteiger charge is 2.30. The molecule has 0 bridgehead atoms. The molecule has 5 heteroatoms. The van der Waals surface area contributed by atoms with Crippen LogP contribution in [0.1, 0.15) is 0 Å². The largest absolute Gasteiger partial charge is 0.309 e. The summed E-state index contributed by atoms with van der Waals surface area (Å²) >= 11 is 0. The number of fused-ring (bicyclic) bond motifs is 10. The van der Waals surface area contributed by atoms with E-state index < -0.39 is 7.14 Å². The lowest BCUT2D eigenvalue weighted by molar-refractivity contribution is 0.592. The number of nitrogens with zero attached hydrogens (tertiary/aromatic N) is 3. The van der Waals surface area contributed by atoms with Crippen LogP contribution in [-0.2, 0) is 4.57 Å². The van der Waals surface area contributed by atoms with Gasteiger partial charge in [-0.2, -0.15) is 0 Å². The zero-order chi connectivity index (χ0) is 32.5. The Morgan fingerprint density at radius 3 is 1.96 bits per heavy atom. The minimum Gasteiger partial charge on any atom is -0.309 e. The first-order valence-corrected chi connectivity index (χ1v) is 18.1. The minimum absolute atomic E-state index is 0.813. The summed E-state index contributed by atoms with van der Waals surface area (Å²) in [7, 11) is -3.19. The molecule has 0 saturated heterocycles. The van der Waals surface area contributed by atoms with Crippen molar-refractivity contribution < 1.29 is 4.57 Å². The fourth-order valence-corrected chi connectivity index (χ4v) is 10.1. The zero-order valence-corrected chi connectivity index (χ0v) is 27.3. The predicted octanol–water partition coefficient (Wildman–Crippen LogP) is 9.80. The number of hydrogen-bond donors (Lipinski definition) is 0. The number of rotatable bonds is 4. The lowest BCUT2D eigenvalue weighted by Gasteiger charge is -2.21. The second kappa shape index (κ2) is 10.7. The predicted molar refractivity (Wildman–Crippen MR) is 205 cm³/mol. The minimum atomic E-state index is -3.19. The average molecular weight is 646 g/mol. The lowest BCUT2D eigenvalue weighted by Crippen LogP contribution is -2.25. The molecular weight excluding hydrogens is 617 g/mol. The maximum atomic E-state index is 15.5. The molecule has 10 aromatic rings.